The van der Waals surface area contributed by atoms with Crippen LogP contribution in [-0.2, 0) is 16.1 Å². The Bertz CT molecular complexity index is 985. The Morgan fingerprint density at radius 2 is 1.93 bits per heavy atom. The molecule has 3 rings (SSSR count). The third-order valence-corrected chi connectivity index (χ3v) is 4.66. The number of nitro benzene ring substituents is 1. The lowest BCUT2D eigenvalue weighted by atomic mass is 10.0. The number of amides is 1. The number of hydrogen-bond acceptors (Lipinski definition) is 6. The third-order valence-electron chi connectivity index (χ3n) is 4.66. The van der Waals surface area contributed by atoms with Crippen LogP contribution in [0, 0.1) is 16.0 Å². The fraction of sp³-hybridized carbons (Fsp3) is 0.364. The summed E-state index contributed by atoms with van der Waals surface area (Å²) in [7, 11) is 0. The molecule has 1 unspecified atom stereocenters. The monoisotopic (exact) mass is 412 g/mol. The summed E-state index contributed by atoms with van der Waals surface area (Å²) in [6, 6.07) is 11.0. The van der Waals surface area contributed by atoms with Crippen LogP contribution >= 0.6 is 0 Å². The van der Waals surface area contributed by atoms with E-state index in [1.807, 2.05) is 13.8 Å². The van der Waals surface area contributed by atoms with Crippen LogP contribution in [0.25, 0.3) is 0 Å². The molecule has 0 aliphatic carbocycles. The first-order chi connectivity index (χ1) is 14.2. The van der Waals surface area contributed by atoms with E-state index in [0.717, 1.165) is 0 Å². The summed E-state index contributed by atoms with van der Waals surface area (Å²) in [4.78, 5) is 37.5. The maximum atomic E-state index is 13.1. The predicted octanol–water partition coefficient (Wildman–Crippen LogP) is 4.11. The van der Waals surface area contributed by atoms with Crippen LogP contribution < -0.4 is 9.64 Å². The maximum Gasteiger partial charge on any atom is 0.338 e. The van der Waals surface area contributed by atoms with Crippen molar-refractivity contribution in [2.75, 3.05) is 4.90 Å². The Hall–Kier alpha value is -3.42. The molecule has 8 heteroatoms. The number of anilines is 1. The highest BCUT2D eigenvalue weighted by Crippen LogP contribution is 2.39. The van der Waals surface area contributed by atoms with E-state index in [1.165, 1.54) is 23.1 Å². The molecule has 1 amide bonds. The van der Waals surface area contributed by atoms with Crippen molar-refractivity contribution in [2.45, 2.75) is 46.4 Å². The van der Waals surface area contributed by atoms with Crippen LogP contribution in [0.3, 0.4) is 0 Å². The van der Waals surface area contributed by atoms with Crippen LogP contribution in [0.2, 0.25) is 0 Å². The van der Waals surface area contributed by atoms with E-state index < -0.39 is 17.0 Å². The average molecular weight is 412 g/mol. The van der Waals surface area contributed by atoms with Crippen LogP contribution in [0.1, 0.15) is 43.6 Å². The van der Waals surface area contributed by atoms with Crippen molar-refractivity contribution in [3.05, 3.63) is 63.7 Å². The Morgan fingerprint density at radius 1 is 1.20 bits per heavy atom. The standard InChI is InChI=1S/C22H24N2O6/c1-13(2)20-21(25)23(18-11-17(24(27)28)8-9-19(18)30-20)12-15-6-5-7-16(10-15)22(26)29-14(3)4/h5-11,13-14,20H,12H2,1-4H3. The van der Waals surface area contributed by atoms with Gasteiger partial charge >= 0.3 is 5.97 Å². The lowest BCUT2D eigenvalue weighted by Gasteiger charge is -2.36. The topological polar surface area (TPSA) is 99.0 Å². The zero-order valence-corrected chi connectivity index (χ0v) is 17.3. The van der Waals surface area contributed by atoms with E-state index in [1.54, 1.807) is 38.1 Å². The van der Waals surface area contributed by atoms with E-state index in [4.69, 9.17) is 9.47 Å². The number of carbonyl (C=O) groups is 2. The number of ether oxygens (including phenoxy) is 2. The van der Waals surface area contributed by atoms with E-state index in [9.17, 15) is 19.7 Å². The molecule has 0 saturated carbocycles. The summed E-state index contributed by atoms with van der Waals surface area (Å²) in [5.41, 5.74) is 1.28. The van der Waals surface area contributed by atoms with Gasteiger partial charge in [-0.3, -0.25) is 14.9 Å². The smallest absolute Gasteiger partial charge is 0.338 e. The van der Waals surface area contributed by atoms with Gasteiger partial charge in [0, 0.05) is 12.1 Å². The fourth-order valence-corrected chi connectivity index (χ4v) is 3.24. The Kier molecular flexibility index (Phi) is 6.05. The van der Waals surface area contributed by atoms with Crippen LogP contribution in [0.4, 0.5) is 11.4 Å². The van der Waals surface area contributed by atoms with Gasteiger partial charge < -0.3 is 14.4 Å². The molecule has 0 fully saturated rings. The van der Waals surface area contributed by atoms with E-state index in [0.29, 0.717) is 22.6 Å². The Labute approximate surface area is 174 Å². The molecule has 158 valence electrons. The molecule has 1 aliphatic rings. The number of fused-ring (bicyclic) bond motifs is 1. The second-order valence-electron chi connectivity index (χ2n) is 7.77. The van der Waals surface area contributed by atoms with Gasteiger partial charge in [0.15, 0.2) is 6.10 Å². The van der Waals surface area contributed by atoms with Gasteiger partial charge in [-0.15, -0.1) is 0 Å². The lowest BCUT2D eigenvalue weighted by molar-refractivity contribution is -0.384. The number of carbonyl (C=O) groups excluding carboxylic acids is 2. The minimum Gasteiger partial charge on any atom is -0.478 e. The molecule has 2 aromatic carbocycles. The van der Waals surface area contributed by atoms with Crippen molar-refractivity contribution in [3.8, 4) is 5.75 Å². The molecule has 30 heavy (non-hydrogen) atoms. The summed E-state index contributed by atoms with van der Waals surface area (Å²) >= 11 is 0. The van der Waals surface area contributed by atoms with Gasteiger partial charge in [-0.1, -0.05) is 26.0 Å². The van der Waals surface area contributed by atoms with Crippen molar-refractivity contribution in [3.63, 3.8) is 0 Å². The quantitative estimate of drug-likeness (QED) is 0.402. The number of nitrogens with zero attached hydrogens (tertiary/aromatic N) is 2. The highest BCUT2D eigenvalue weighted by molar-refractivity contribution is 6.00. The van der Waals surface area contributed by atoms with Gasteiger partial charge in [0.05, 0.1) is 28.8 Å². The number of esters is 1. The molecule has 0 bridgehead atoms. The highest BCUT2D eigenvalue weighted by Gasteiger charge is 2.37. The molecule has 1 aliphatic heterocycles. The molecule has 1 heterocycles. The van der Waals surface area contributed by atoms with Crippen LogP contribution in [0.15, 0.2) is 42.5 Å². The van der Waals surface area contributed by atoms with Crippen molar-refractivity contribution < 1.29 is 24.0 Å². The lowest BCUT2D eigenvalue weighted by Crippen LogP contribution is -2.48. The number of hydrogen-bond donors (Lipinski definition) is 0. The van der Waals surface area contributed by atoms with E-state index in [-0.39, 0.29) is 30.2 Å². The summed E-state index contributed by atoms with van der Waals surface area (Å²) in [6.07, 6.45) is -0.950. The minimum absolute atomic E-state index is 0.0873. The third kappa shape index (κ3) is 4.42. The van der Waals surface area contributed by atoms with Crippen molar-refractivity contribution in [1.29, 1.82) is 0 Å². The summed E-state index contributed by atoms with van der Waals surface area (Å²) < 4.78 is 11.1. The first-order valence-electron chi connectivity index (χ1n) is 9.73. The predicted molar refractivity (Wildman–Crippen MR) is 111 cm³/mol. The molecule has 0 spiro atoms. The summed E-state index contributed by atoms with van der Waals surface area (Å²) in [6.45, 7) is 7.43. The second-order valence-corrected chi connectivity index (χ2v) is 7.77. The normalized spacial score (nSPS) is 15.7. The average Bonchev–Trinajstić information content (AvgIpc) is 2.69. The second kappa shape index (κ2) is 8.52. The molecule has 0 N–H and O–H groups in total. The first kappa shape index (κ1) is 21.3. The van der Waals surface area contributed by atoms with Crippen molar-refractivity contribution in [1.82, 2.24) is 0 Å². The number of benzene rings is 2. The zero-order chi connectivity index (χ0) is 22.0. The van der Waals surface area contributed by atoms with Crippen LogP contribution in [0.5, 0.6) is 5.75 Å². The Balaban J connectivity index is 1.98. The molecular formula is C22H24N2O6. The molecule has 8 nitrogen and oxygen atoms in total. The van der Waals surface area contributed by atoms with Crippen LogP contribution in [-0.4, -0.2) is 29.0 Å². The number of rotatable bonds is 6. The van der Waals surface area contributed by atoms with E-state index in [2.05, 4.69) is 0 Å². The molecular weight excluding hydrogens is 388 g/mol. The fourth-order valence-electron chi connectivity index (χ4n) is 3.24. The Morgan fingerprint density at radius 3 is 2.57 bits per heavy atom. The molecule has 0 saturated heterocycles. The molecule has 2 aromatic rings. The van der Waals surface area contributed by atoms with Gasteiger partial charge in [-0.2, -0.15) is 0 Å². The maximum absolute atomic E-state index is 13.1. The molecule has 0 radical (unpaired) electrons. The number of nitro groups is 1. The van der Waals surface area contributed by atoms with Gasteiger partial charge in [0.25, 0.3) is 11.6 Å². The van der Waals surface area contributed by atoms with Crippen molar-refractivity contribution in [2.24, 2.45) is 5.92 Å². The number of non-ortho nitro benzene ring substituents is 1. The van der Waals surface area contributed by atoms with Crippen molar-refractivity contribution >= 4 is 23.3 Å². The van der Waals surface area contributed by atoms with Gasteiger partial charge in [0.1, 0.15) is 5.75 Å². The minimum atomic E-state index is -0.701. The van der Waals surface area contributed by atoms with E-state index >= 15 is 0 Å². The SMILES string of the molecule is CC(C)OC(=O)c1cccc(CN2C(=O)C(C(C)C)Oc3ccc([N+](=O)[O-])cc32)c1. The first-order valence-corrected chi connectivity index (χ1v) is 9.73. The van der Waals surface area contributed by atoms with Gasteiger partial charge in [0.2, 0.25) is 0 Å². The summed E-state index contributed by atoms with van der Waals surface area (Å²) in [5.74, 6) is -0.408. The molecule has 1 atom stereocenters. The highest BCUT2D eigenvalue weighted by atomic mass is 16.6. The molecule has 0 aromatic heterocycles. The van der Waals surface area contributed by atoms with Gasteiger partial charge in [-0.05, 0) is 43.5 Å². The van der Waals surface area contributed by atoms with Gasteiger partial charge in [-0.25, -0.2) is 4.79 Å². The zero-order valence-electron chi connectivity index (χ0n) is 17.3. The largest absolute Gasteiger partial charge is 0.478 e. The summed E-state index contributed by atoms with van der Waals surface area (Å²) in [5, 5.41) is 11.2.